The van der Waals surface area contributed by atoms with Gasteiger partial charge in [0.2, 0.25) is 0 Å². The summed E-state index contributed by atoms with van der Waals surface area (Å²) in [5.41, 5.74) is 1.67. The Balaban J connectivity index is 0. The van der Waals surface area contributed by atoms with Crippen molar-refractivity contribution < 1.29 is 5.11 Å². The second-order valence-electron chi connectivity index (χ2n) is 4.24. The van der Waals surface area contributed by atoms with Gasteiger partial charge in [0, 0.05) is 12.5 Å². The summed E-state index contributed by atoms with van der Waals surface area (Å²) in [7, 11) is 0. The van der Waals surface area contributed by atoms with E-state index in [1.54, 1.807) is 0 Å². The monoisotopic (exact) mass is 222 g/mol. The van der Waals surface area contributed by atoms with Crippen molar-refractivity contribution in [1.29, 1.82) is 0 Å². The molecule has 1 N–H and O–H groups in total. The van der Waals surface area contributed by atoms with Gasteiger partial charge < -0.3 is 5.11 Å². The lowest BCUT2D eigenvalue weighted by Crippen LogP contribution is -2.27. The van der Waals surface area contributed by atoms with Crippen molar-refractivity contribution >= 4 is 27.0 Å². The molecule has 80 valence electrons. The molecule has 3 heteroatoms. The van der Waals surface area contributed by atoms with Gasteiger partial charge in [-0.1, -0.05) is 32.4 Å². The fourth-order valence-corrected chi connectivity index (χ4v) is 1.87. The number of aliphatic hydroxyl groups excluding tert-OH is 1. The number of rotatable bonds is 1. The third kappa shape index (κ3) is 2.67. The zero-order valence-electron chi connectivity index (χ0n) is 8.89. The first-order valence-corrected chi connectivity index (χ1v) is 4.29. The average molecular weight is 222 g/mol. The molecular formula is C10H22OS2. The SMILES string of the molecule is CC1=C[C@H](CO)C(C)(C)[C@H]1C.S.S. The molecule has 1 rings (SSSR count). The van der Waals surface area contributed by atoms with E-state index in [-0.39, 0.29) is 39.0 Å². The molecule has 2 atom stereocenters. The Morgan fingerprint density at radius 2 is 1.85 bits per heavy atom. The van der Waals surface area contributed by atoms with Gasteiger partial charge in [0.15, 0.2) is 0 Å². The molecular weight excluding hydrogens is 200 g/mol. The molecule has 0 saturated carbocycles. The average Bonchev–Trinajstić information content (AvgIpc) is 2.13. The minimum Gasteiger partial charge on any atom is -0.396 e. The van der Waals surface area contributed by atoms with Gasteiger partial charge in [-0.25, -0.2) is 0 Å². The quantitative estimate of drug-likeness (QED) is 0.676. The second kappa shape index (κ2) is 5.32. The molecule has 0 unspecified atom stereocenters. The Morgan fingerprint density at radius 1 is 1.38 bits per heavy atom. The highest BCUT2D eigenvalue weighted by molar-refractivity contribution is 7.59. The molecule has 1 nitrogen and oxygen atoms in total. The van der Waals surface area contributed by atoms with Crippen molar-refractivity contribution in [2.45, 2.75) is 27.7 Å². The van der Waals surface area contributed by atoms with Crippen LogP contribution in [0.3, 0.4) is 0 Å². The number of hydrogen-bond acceptors (Lipinski definition) is 1. The molecule has 0 saturated heterocycles. The van der Waals surface area contributed by atoms with Crippen LogP contribution in [0.2, 0.25) is 0 Å². The fraction of sp³-hybridized carbons (Fsp3) is 0.800. The van der Waals surface area contributed by atoms with Crippen LogP contribution in [-0.4, -0.2) is 11.7 Å². The normalized spacial score (nSPS) is 30.1. The summed E-state index contributed by atoms with van der Waals surface area (Å²) in [6, 6.07) is 0. The van der Waals surface area contributed by atoms with Gasteiger partial charge in [-0.15, -0.1) is 0 Å². The topological polar surface area (TPSA) is 20.2 Å². The van der Waals surface area contributed by atoms with Gasteiger partial charge in [-0.3, -0.25) is 0 Å². The molecule has 13 heavy (non-hydrogen) atoms. The number of aliphatic hydroxyl groups is 1. The number of allylic oxidation sites excluding steroid dienone is 1. The van der Waals surface area contributed by atoms with E-state index < -0.39 is 0 Å². The maximum Gasteiger partial charge on any atom is 0.0499 e. The zero-order valence-corrected chi connectivity index (χ0v) is 10.9. The predicted molar refractivity (Wildman–Crippen MR) is 68.0 cm³/mol. The van der Waals surface area contributed by atoms with Crippen LogP contribution < -0.4 is 0 Å². The summed E-state index contributed by atoms with van der Waals surface area (Å²) in [5.74, 6) is 0.970. The van der Waals surface area contributed by atoms with Crippen LogP contribution in [-0.2, 0) is 0 Å². The van der Waals surface area contributed by atoms with Gasteiger partial charge in [0.25, 0.3) is 0 Å². The van der Waals surface area contributed by atoms with Gasteiger partial charge in [0.1, 0.15) is 0 Å². The maximum absolute atomic E-state index is 9.09. The highest BCUT2D eigenvalue weighted by Crippen LogP contribution is 2.45. The first-order chi connectivity index (χ1) is 5.00. The summed E-state index contributed by atoms with van der Waals surface area (Å²) in [6.45, 7) is 9.13. The third-order valence-corrected chi connectivity index (χ3v) is 3.42. The molecule has 0 spiro atoms. The maximum atomic E-state index is 9.09. The molecule has 0 radical (unpaired) electrons. The van der Waals surface area contributed by atoms with E-state index in [4.69, 9.17) is 5.11 Å². The molecule has 0 aromatic carbocycles. The van der Waals surface area contributed by atoms with E-state index in [0.29, 0.717) is 11.8 Å². The fourth-order valence-electron chi connectivity index (χ4n) is 1.87. The standard InChI is InChI=1S/C10H18O.2H2S/c1-7-5-9(6-11)10(3,4)8(7)2;;/h5,8-9,11H,6H2,1-4H3;2*1H2/t8-,9+;;/m0../s1. The minimum absolute atomic E-state index is 0. The molecule has 1 aliphatic carbocycles. The Kier molecular flexibility index (Phi) is 6.49. The molecule has 0 aromatic heterocycles. The first-order valence-electron chi connectivity index (χ1n) is 4.29. The lowest BCUT2D eigenvalue weighted by Gasteiger charge is -2.31. The summed E-state index contributed by atoms with van der Waals surface area (Å²) in [6.07, 6.45) is 2.21. The molecule has 0 amide bonds. The summed E-state index contributed by atoms with van der Waals surface area (Å²) >= 11 is 0. The molecule has 0 bridgehead atoms. The van der Waals surface area contributed by atoms with Crippen LogP contribution >= 0.6 is 27.0 Å². The molecule has 1 aliphatic rings. The third-order valence-electron chi connectivity index (χ3n) is 3.42. The Bertz CT molecular complexity index is 187. The van der Waals surface area contributed by atoms with E-state index >= 15 is 0 Å². The highest BCUT2D eigenvalue weighted by atomic mass is 32.1. The van der Waals surface area contributed by atoms with Crippen LogP contribution in [0.15, 0.2) is 11.6 Å². The van der Waals surface area contributed by atoms with Crippen LogP contribution in [0, 0.1) is 17.3 Å². The summed E-state index contributed by atoms with van der Waals surface area (Å²) in [4.78, 5) is 0. The minimum atomic E-state index is 0. The first kappa shape index (κ1) is 15.9. The molecule has 0 fully saturated rings. The van der Waals surface area contributed by atoms with Crippen molar-refractivity contribution in [2.24, 2.45) is 17.3 Å². The lowest BCUT2D eigenvalue weighted by atomic mass is 9.74. The van der Waals surface area contributed by atoms with Gasteiger partial charge >= 0.3 is 0 Å². The number of hydrogen-bond donors (Lipinski definition) is 1. The van der Waals surface area contributed by atoms with Crippen molar-refractivity contribution in [3.8, 4) is 0 Å². The van der Waals surface area contributed by atoms with Crippen LogP contribution in [0.25, 0.3) is 0 Å². The van der Waals surface area contributed by atoms with Crippen molar-refractivity contribution in [1.82, 2.24) is 0 Å². The Hall–Kier alpha value is 0.400. The lowest BCUT2D eigenvalue weighted by molar-refractivity contribution is 0.134. The van der Waals surface area contributed by atoms with E-state index in [9.17, 15) is 0 Å². The largest absolute Gasteiger partial charge is 0.396 e. The predicted octanol–water partition coefficient (Wildman–Crippen LogP) is 2.44. The summed E-state index contributed by atoms with van der Waals surface area (Å²) in [5, 5.41) is 9.09. The Labute approximate surface area is 95.5 Å². The zero-order chi connectivity index (χ0) is 8.65. The van der Waals surface area contributed by atoms with Gasteiger partial charge in [0.05, 0.1) is 0 Å². The second-order valence-corrected chi connectivity index (χ2v) is 4.24. The van der Waals surface area contributed by atoms with Crippen LogP contribution in [0.5, 0.6) is 0 Å². The van der Waals surface area contributed by atoms with Gasteiger partial charge in [-0.05, 0) is 18.3 Å². The van der Waals surface area contributed by atoms with E-state index in [0.717, 1.165) is 0 Å². The van der Waals surface area contributed by atoms with E-state index in [1.807, 2.05) is 0 Å². The van der Waals surface area contributed by atoms with Crippen LogP contribution in [0.1, 0.15) is 27.7 Å². The van der Waals surface area contributed by atoms with Crippen molar-refractivity contribution in [3.63, 3.8) is 0 Å². The Morgan fingerprint density at radius 3 is 2.00 bits per heavy atom. The van der Waals surface area contributed by atoms with Crippen molar-refractivity contribution in [2.75, 3.05) is 6.61 Å². The summed E-state index contributed by atoms with van der Waals surface area (Å²) < 4.78 is 0. The van der Waals surface area contributed by atoms with Crippen LogP contribution in [0.4, 0.5) is 0 Å². The smallest absolute Gasteiger partial charge is 0.0499 e. The molecule has 0 heterocycles. The van der Waals surface area contributed by atoms with Gasteiger partial charge in [-0.2, -0.15) is 27.0 Å². The van der Waals surface area contributed by atoms with Crippen molar-refractivity contribution in [3.05, 3.63) is 11.6 Å². The molecule has 0 aliphatic heterocycles. The highest BCUT2D eigenvalue weighted by Gasteiger charge is 2.38. The van der Waals surface area contributed by atoms with E-state index in [2.05, 4.69) is 33.8 Å². The molecule has 0 aromatic rings. The van der Waals surface area contributed by atoms with E-state index in [1.165, 1.54) is 5.57 Å².